The highest BCUT2D eigenvalue weighted by Gasteiger charge is 2.15. The van der Waals surface area contributed by atoms with E-state index in [9.17, 15) is 9.18 Å². The molecular formula is C22H24FN3O2S. The van der Waals surface area contributed by atoms with Gasteiger partial charge in [-0.3, -0.25) is 4.79 Å². The highest BCUT2D eigenvalue weighted by molar-refractivity contribution is 7.99. The van der Waals surface area contributed by atoms with E-state index in [1.54, 1.807) is 12.1 Å². The topological polar surface area (TPSA) is 68.0 Å². The summed E-state index contributed by atoms with van der Waals surface area (Å²) in [5.41, 5.74) is 3.13. The fraction of sp³-hybridized carbons (Fsp3) is 0.318. The van der Waals surface area contributed by atoms with Crippen molar-refractivity contribution in [3.63, 3.8) is 0 Å². The second kappa shape index (κ2) is 9.22. The second-order valence-corrected chi connectivity index (χ2v) is 8.64. The number of aromatic nitrogens is 2. The Morgan fingerprint density at radius 3 is 2.41 bits per heavy atom. The maximum absolute atomic E-state index is 12.9. The number of hydrogen-bond acceptors (Lipinski definition) is 5. The average Bonchev–Trinajstić information content (AvgIpc) is 3.16. The molecule has 7 heteroatoms. The minimum atomic E-state index is -0.266. The molecule has 3 aromatic rings. The Hall–Kier alpha value is -2.67. The maximum Gasteiger partial charge on any atom is 0.277 e. The predicted octanol–water partition coefficient (Wildman–Crippen LogP) is 4.62. The van der Waals surface area contributed by atoms with Gasteiger partial charge in [-0.05, 0) is 47.2 Å². The molecule has 1 amide bonds. The van der Waals surface area contributed by atoms with E-state index in [0.717, 1.165) is 11.1 Å². The summed E-state index contributed by atoms with van der Waals surface area (Å²) in [5, 5.41) is 11.3. The minimum absolute atomic E-state index is 0.0818. The Bertz CT molecular complexity index is 947. The van der Waals surface area contributed by atoms with E-state index in [2.05, 4.69) is 48.4 Å². The van der Waals surface area contributed by atoms with Crippen LogP contribution in [0, 0.1) is 5.82 Å². The number of halogens is 1. The van der Waals surface area contributed by atoms with Gasteiger partial charge in [-0.2, -0.15) is 0 Å². The third kappa shape index (κ3) is 6.15. The van der Waals surface area contributed by atoms with Gasteiger partial charge in [0.1, 0.15) is 5.82 Å². The highest BCUT2D eigenvalue weighted by atomic mass is 32.2. The van der Waals surface area contributed by atoms with Crippen molar-refractivity contribution in [3.05, 3.63) is 65.5 Å². The van der Waals surface area contributed by atoms with Crippen LogP contribution in [-0.2, 0) is 16.6 Å². The van der Waals surface area contributed by atoms with Crippen LogP contribution in [0.15, 0.2) is 58.2 Å². The Morgan fingerprint density at radius 1 is 1.07 bits per heavy atom. The number of hydrogen-bond donors (Lipinski definition) is 1. The van der Waals surface area contributed by atoms with E-state index in [4.69, 9.17) is 4.42 Å². The number of amides is 1. The number of rotatable bonds is 7. The van der Waals surface area contributed by atoms with Gasteiger partial charge >= 0.3 is 0 Å². The zero-order valence-electron chi connectivity index (χ0n) is 16.7. The van der Waals surface area contributed by atoms with Crippen LogP contribution in [-0.4, -0.2) is 28.4 Å². The lowest BCUT2D eigenvalue weighted by molar-refractivity contribution is -0.118. The molecule has 1 aromatic heterocycles. The van der Waals surface area contributed by atoms with E-state index in [1.165, 1.54) is 29.5 Å². The van der Waals surface area contributed by atoms with Crippen molar-refractivity contribution in [1.29, 1.82) is 0 Å². The minimum Gasteiger partial charge on any atom is -0.411 e. The van der Waals surface area contributed by atoms with Gasteiger partial charge in [0.2, 0.25) is 11.8 Å². The molecule has 5 nitrogen and oxygen atoms in total. The van der Waals surface area contributed by atoms with Crippen molar-refractivity contribution in [2.45, 2.75) is 37.8 Å². The Morgan fingerprint density at radius 2 is 1.76 bits per heavy atom. The zero-order valence-corrected chi connectivity index (χ0v) is 17.6. The summed E-state index contributed by atoms with van der Waals surface area (Å²) >= 11 is 1.20. The lowest BCUT2D eigenvalue weighted by atomic mass is 9.87. The first kappa shape index (κ1) is 21.0. The lowest BCUT2D eigenvalue weighted by Gasteiger charge is -2.18. The molecule has 1 heterocycles. The molecule has 0 atom stereocenters. The van der Waals surface area contributed by atoms with E-state index in [-0.39, 0.29) is 22.9 Å². The van der Waals surface area contributed by atoms with E-state index in [0.29, 0.717) is 24.1 Å². The van der Waals surface area contributed by atoms with Gasteiger partial charge < -0.3 is 9.73 Å². The molecule has 0 fully saturated rings. The molecule has 2 aromatic carbocycles. The molecule has 3 rings (SSSR count). The average molecular weight is 414 g/mol. The summed E-state index contributed by atoms with van der Waals surface area (Å²) in [6.45, 7) is 6.97. The first-order valence-corrected chi connectivity index (χ1v) is 10.4. The first-order valence-electron chi connectivity index (χ1n) is 9.39. The molecule has 0 saturated heterocycles. The van der Waals surface area contributed by atoms with Crippen LogP contribution < -0.4 is 5.32 Å². The van der Waals surface area contributed by atoms with Crippen LogP contribution in [0.3, 0.4) is 0 Å². The van der Waals surface area contributed by atoms with Crippen molar-refractivity contribution in [2.75, 3.05) is 12.3 Å². The molecule has 0 unspecified atom stereocenters. The normalized spacial score (nSPS) is 11.4. The van der Waals surface area contributed by atoms with E-state index >= 15 is 0 Å². The van der Waals surface area contributed by atoms with Crippen molar-refractivity contribution >= 4 is 17.7 Å². The summed E-state index contributed by atoms with van der Waals surface area (Å²) in [6, 6.07) is 14.3. The molecule has 0 saturated carbocycles. The quantitative estimate of drug-likeness (QED) is 0.572. The monoisotopic (exact) mass is 413 g/mol. The summed E-state index contributed by atoms with van der Waals surface area (Å²) in [7, 11) is 0. The van der Waals surface area contributed by atoms with Crippen LogP contribution in [0.5, 0.6) is 0 Å². The Labute approximate surface area is 174 Å². The number of nitrogens with zero attached hydrogens (tertiary/aromatic N) is 2. The molecule has 0 aliphatic heterocycles. The number of carbonyl (C=O) groups is 1. The number of nitrogens with one attached hydrogen (secondary N) is 1. The van der Waals surface area contributed by atoms with Gasteiger partial charge in [0.05, 0.1) is 5.75 Å². The summed E-state index contributed by atoms with van der Waals surface area (Å²) < 4.78 is 18.5. The molecule has 0 radical (unpaired) electrons. The van der Waals surface area contributed by atoms with Crippen molar-refractivity contribution in [2.24, 2.45) is 0 Å². The van der Waals surface area contributed by atoms with Gasteiger partial charge in [0.25, 0.3) is 5.22 Å². The van der Waals surface area contributed by atoms with Gasteiger partial charge in [-0.15, -0.1) is 10.2 Å². The summed E-state index contributed by atoms with van der Waals surface area (Å²) in [5.74, 6) is 0.239. The third-order valence-electron chi connectivity index (χ3n) is 4.38. The lowest BCUT2D eigenvalue weighted by Crippen LogP contribution is -2.27. The fourth-order valence-corrected chi connectivity index (χ4v) is 3.27. The molecule has 152 valence electrons. The Balaban J connectivity index is 1.46. The molecule has 1 N–H and O–H groups in total. The standard InChI is InChI=1S/C22H24FN3O2S/c1-22(2,3)17-8-6-16(7-9-17)20-25-26-21(28-20)29-14-19(27)24-13-12-15-4-10-18(23)11-5-15/h4-11H,12-14H2,1-3H3,(H,24,27). The second-order valence-electron chi connectivity index (χ2n) is 7.72. The smallest absolute Gasteiger partial charge is 0.277 e. The zero-order chi connectivity index (χ0) is 20.9. The molecule has 0 spiro atoms. The number of carbonyl (C=O) groups excluding carboxylic acids is 1. The fourth-order valence-electron chi connectivity index (χ4n) is 2.67. The van der Waals surface area contributed by atoms with Crippen molar-refractivity contribution in [1.82, 2.24) is 15.5 Å². The van der Waals surface area contributed by atoms with Crippen LogP contribution in [0.2, 0.25) is 0 Å². The van der Waals surface area contributed by atoms with Crippen molar-refractivity contribution < 1.29 is 13.6 Å². The van der Waals surface area contributed by atoms with Crippen molar-refractivity contribution in [3.8, 4) is 11.5 Å². The largest absolute Gasteiger partial charge is 0.411 e. The van der Waals surface area contributed by atoms with Crippen LogP contribution in [0.1, 0.15) is 31.9 Å². The maximum atomic E-state index is 12.9. The van der Waals surface area contributed by atoms with Gasteiger partial charge in [-0.1, -0.05) is 56.8 Å². The molecular weight excluding hydrogens is 389 g/mol. The van der Waals surface area contributed by atoms with Gasteiger partial charge in [0, 0.05) is 12.1 Å². The number of thioether (sulfide) groups is 1. The molecule has 0 bridgehead atoms. The first-order chi connectivity index (χ1) is 13.8. The van der Waals surface area contributed by atoms with E-state index < -0.39 is 0 Å². The summed E-state index contributed by atoms with van der Waals surface area (Å²) in [6.07, 6.45) is 0.645. The van der Waals surface area contributed by atoms with Gasteiger partial charge in [0.15, 0.2) is 0 Å². The molecule has 0 aliphatic carbocycles. The molecule has 0 aliphatic rings. The van der Waals surface area contributed by atoms with Gasteiger partial charge in [-0.25, -0.2) is 4.39 Å². The molecule has 29 heavy (non-hydrogen) atoms. The third-order valence-corrected chi connectivity index (χ3v) is 5.20. The Kier molecular flexibility index (Phi) is 6.69. The van der Waals surface area contributed by atoms with Crippen LogP contribution >= 0.6 is 11.8 Å². The van der Waals surface area contributed by atoms with E-state index in [1.807, 2.05) is 12.1 Å². The number of benzene rings is 2. The predicted molar refractivity (Wildman–Crippen MR) is 112 cm³/mol. The summed E-state index contributed by atoms with van der Waals surface area (Å²) in [4.78, 5) is 12.0. The highest BCUT2D eigenvalue weighted by Crippen LogP contribution is 2.27. The van der Waals surface area contributed by atoms with Crippen LogP contribution in [0.25, 0.3) is 11.5 Å². The van der Waals surface area contributed by atoms with Crippen LogP contribution in [0.4, 0.5) is 4.39 Å². The SMILES string of the molecule is CC(C)(C)c1ccc(-c2nnc(SCC(=O)NCCc3ccc(F)cc3)o2)cc1.